The number of nitrogens with zero attached hydrogens (tertiary/aromatic N) is 2. The maximum absolute atomic E-state index is 12.1. The lowest BCUT2D eigenvalue weighted by molar-refractivity contribution is -0.132. The predicted molar refractivity (Wildman–Crippen MR) is 71.9 cm³/mol. The van der Waals surface area contributed by atoms with Crippen molar-refractivity contribution in [2.45, 2.75) is 46.2 Å². The maximum atomic E-state index is 12.1. The van der Waals surface area contributed by atoms with Crippen molar-refractivity contribution in [3.63, 3.8) is 0 Å². The molecule has 0 bridgehead atoms. The molecular weight excluding hydrogens is 228 g/mol. The molecule has 0 radical (unpaired) electrons. The van der Waals surface area contributed by atoms with Crippen LogP contribution in [0.4, 0.5) is 0 Å². The molecule has 0 fully saturated rings. The molecule has 1 aromatic heterocycles. The Hall–Kier alpha value is -1.36. The van der Waals surface area contributed by atoms with Gasteiger partial charge >= 0.3 is 0 Å². The highest BCUT2D eigenvalue weighted by atomic mass is 16.2. The minimum absolute atomic E-state index is 0.00420. The summed E-state index contributed by atoms with van der Waals surface area (Å²) in [7, 11) is 0. The van der Waals surface area contributed by atoms with Crippen LogP contribution in [0.1, 0.15) is 34.1 Å². The van der Waals surface area contributed by atoms with E-state index in [1.165, 1.54) is 0 Å². The molecule has 1 amide bonds. The smallest absolute Gasteiger partial charge is 0.227 e. The fraction of sp³-hybridized carbons (Fsp3) is 0.692. The van der Waals surface area contributed by atoms with Crippen molar-refractivity contribution in [1.82, 2.24) is 15.1 Å². The van der Waals surface area contributed by atoms with Crippen LogP contribution in [-0.4, -0.2) is 27.8 Å². The van der Waals surface area contributed by atoms with Gasteiger partial charge in [-0.05, 0) is 40.2 Å². The molecule has 0 saturated carbocycles. The second-order valence-corrected chi connectivity index (χ2v) is 5.73. The zero-order valence-electron chi connectivity index (χ0n) is 11.7. The highest BCUT2D eigenvalue weighted by molar-refractivity contribution is 5.83. The highest BCUT2D eigenvalue weighted by Gasteiger charge is 2.39. The summed E-state index contributed by atoms with van der Waals surface area (Å²) in [5.74, 6) is -0.00420. The number of amides is 1. The molecule has 5 heteroatoms. The zero-order chi connectivity index (χ0) is 13.8. The van der Waals surface area contributed by atoms with Gasteiger partial charge in [0.1, 0.15) is 0 Å². The van der Waals surface area contributed by atoms with Crippen LogP contribution in [0.25, 0.3) is 0 Å². The van der Waals surface area contributed by atoms with Gasteiger partial charge in [-0.2, -0.15) is 5.10 Å². The first-order valence-corrected chi connectivity index (χ1v) is 6.30. The van der Waals surface area contributed by atoms with E-state index in [0.717, 1.165) is 13.0 Å². The Labute approximate surface area is 109 Å². The van der Waals surface area contributed by atoms with E-state index in [-0.39, 0.29) is 5.91 Å². The van der Waals surface area contributed by atoms with Crippen molar-refractivity contribution >= 4 is 5.91 Å². The quantitative estimate of drug-likeness (QED) is 0.746. The molecule has 0 spiro atoms. The third-order valence-corrected chi connectivity index (χ3v) is 3.59. The van der Waals surface area contributed by atoms with Gasteiger partial charge in [-0.15, -0.1) is 0 Å². The number of aromatic nitrogens is 2. The van der Waals surface area contributed by atoms with Crippen molar-refractivity contribution in [3.8, 4) is 0 Å². The fourth-order valence-corrected chi connectivity index (χ4v) is 1.39. The average molecular weight is 252 g/mol. The standard InChI is InChI=1S/C13H24N4O/c1-12(2,13(3,4)14)11(18)15-7-5-9-17-10-6-8-16-17/h6,8,10H,5,7,9,14H2,1-4H3,(H,15,18). The molecule has 0 aliphatic carbocycles. The van der Waals surface area contributed by atoms with Crippen molar-refractivity contribution < 1.29 is 4.79 Å². The van der Waals surface area contributed by atoms with Crippen LogP contribution in [0.3, 0.4) is 0 Å². The van der Waals surface area contributed by atoms with Crippen LogP contribution in [0.2, 0.25) is 0 Å². The third kappa shape index (κ3) is 3.57. The zero-order valence-corrected chi connectivity index (χ0v) is 11.7. The predicted octanol–water partition coefficient (Wildman–Crippen LogP) is 1.15. The first-order chi connectivity index (χ1) is 8.25. The molecule has 1 rings (SSSR count). The fourth-order valence-electron chi connectivity index (χ4n) is 1.39. The second-order valence-electron chi connectivity index (χ2n) is 5.73. The van der Waals surface area contributed by atoms with E-state index >= 15 is 0 Å². The summed E-state index contributed by atoms with van der Waals surface area (Å²) in [5, 5.41) is 7.04. The van der Waals surface area contributed by atoms with Gasteiger partial charge in [-0.1, -0.05) is 0 Å². The van der Waals surface area contributed by atoms with Crippen LogP contribution in [-0.2, 0) is 11.3 Å². The minimum atomic E-state index is -0.585. The largest absolute Gasteiger partial charge is 0.356 e. The maximum Gasteiger partial charge on any atom is 0.227 e. The summed E-state index contributed by atoms with van der Waals surface area (Å²) in [5.41, 5.74) is 4.89. The van der Waals surface area contributed by atoms with Gasteiger partial charge in [0.2, 0.25) is 5.91 Å². The molecule has 0 aliphatic heterocycles. The Kier molecular flexibility index (Phi) is 4.51. The Morgan fingerprint density at radius 3 is 2.56 bits per heavy atom. The lowest BCUT2D eigenvalue weighted by atomic mass is 9.74. The molecule has 0 aliphatic rings. The molecule has 102 valence electrons. The lowest BCUT2D eigenvalue weighted by Crippen LogP contribution is -2.55. The van der Waals surface area contributed by atoms with Crippen LogP contribution >= 0.6 is 0 Å². The van der Waals surface area contributed by atoms with Gasteiger partial charge in [0.05, 0.1) is 5.41 Å². The van der Waals surface area contributed by atoms with Crippen molar-refractivity contribution in [3.05, 3.63) is 18.5 Å². The number of nitrogens with two attached hydrogens (primary N) is 1. The third-order valence-electron chi connectivity index (χ3n) is 3.59. The molecular formula is C13H24N4O. The van der Waals surface area contributed by atoms with Gasteiger partial charge in [-0.25, -0.2) is 0 Å². The summed E-state index contributed by atoms with van der Waals surface area (Å²) in [4.78, 5) is 12.1. The monoisotopic (exact) mass is 252 g/mol. The van der Waals surface area contributed by atoms with Crippen LogP contribution in [0.15, 0.2) is 18.5 Å². The highest BCUT2D eigenvalue weighted by Crippen LogP contribution is 2.28. The first kappa shape index (κ1) is 14.7. The van der Waals surface area contributed by atoms with E-state index in [4.69, 9.17) is 5.73 Å². The van der Waals surface area contributed by atoms with Crippen LogP contribution < -0.4 is 11.1 Å². The Bertz CT molecular complexity index is 376. The average Bonchev–Trinajstić information content (AvgIpc) is 2.75. The molecule has 0 saturated heterocycles. The SMILES string of the molecule is CC(C)(N)C(C)(C)C(=O)NCCCn1cccn1. The number of nitrogens with one attached hydrogen (secondary N) is 1. The van der Waals surface area contributed by atoms with E-state index in [1.807, 2.05) is 44.6 Å². The Morgan fingerprint density at radius 1 is 1.39 bits per heavy atom. The Morgan fingerprint density at radius 2 is 2.06 bits per heavy atom. The van der Waals surface area contributed by atoms with Crippen LogP contribution in [0, 0.1) is 5.41 Å². The van der Waals surface area contributed by atoms with E-state index < -0.39 is 11.0 Å². The Balaban J connectivity index is 2.33. The van der Waals surface area contributed by atoms with E-state index in [2.05, 4.69) is 10.4 Å². The first-order valence-electron chi connectivity index (χ1n) is 6.30. The molecule has 0 unspecified atom stereocenters. The molecule has 0 aromatic carbocycles. The molecule has 1 heterocycles. The molecule has 5 nitrogen and oxygen atoms in total. The normalized spacial score (nSPS) is 12.5. The molecule has 18 heavy (non-hydrogen) atoms. The van der Waals surface area contributed by atoms with Crippen molar-refractivity contribution in [1.29, 1.82) is 0 Å². The van der Waals surface area contributed by atoms with Gasteiger partial charge < -0.3 is 11.1 Å². The summed E-state index contributed by atoms with van der Waals surface area (Å²) in [6, 6.07) is 1.89. The number of hydrogen-bond donors (Lipinski definition) is 2. The topological polar surface area (TPSA) is 72.9 Å². The lowest BCUT2D eigenvalue weighted by Gasteiger charge is -2.36. The minimum Gasteiger partial charge on any atom is -0.356 e. The van der Waals surface area contributed by atoms with Crippen LogP contribution in [0.5, 0.6) is 0 Å². The van der Waals surface area contributed by atoms with E-state index in [0.29, 0.717) is 6.54 Å². The van der Waals surface area contributed by atoms with E-state index in [1.54, 1.807) is 6.20 Å². The summed E-state index contributed by atoms with van der Waals surface area (Å²) in [6.45, 7) is 8.93. The molecule has 1 aromatic rings. The van der Waals surface area contributed by atoms with Crippen molar-refractivity contribution in [2.75, 3.05) is 6.54 Å². The number of aryl methyl sites for hydroxylation is 1. The number of hydrogen-bond acceptors (Lipinski definition) is 3. The summed E-state index contributed by atoms with van der Waals surface area (Å²) in [6.07, 6.45) is 4.52. The number of rotatable bonds is 6. The van der Waals surface area contributed by atoms with Gasteiger partial charge in [0.15, 0.2) is 0 Å². The number of carbonyl (C=O) groups excluding carboxylic acids is 1. The summed E-state index contributed by atoms with van der Waals surface area (Å²) >= 11 is 0. The molecule has 0 atom stereocenters. The van der Waals surface area contributed by atoms with Crippen molar-refractivity contribution in [2.24, 2.45) is 11.1 Å². The van der Waals surface area contributed by atoms with E-state index in [9.17, 15) is 4.79 Å². The number of carbonyl (C=O) groups is 1. The molecule has 3 N–H and O–H groups in total. The van der Waals surface area contributed by atoms with Gasteiger partial charge in [0, 0.05) is 31.0 Å². The van der Waals surface area contributed by atoms with Gasteiger partial charge in [0.25, 0.3) is 0 Å². The second kappa shape index (κ2) is 5.52. The summed E-state index contributed by atoms with van der Waals surface area (Å²) < 4.78 is 1.85. The van der Waals surface area contributed by atoms with Gasteiger partial charge in [-0.3, -0.25) is 9.48 Å².